The van der Waals surface area contributed by atoms with Gasteiger partial charge in [-0.3, -0.25) is 0 Å². The number of ether oxygens (including phenoxy) is 1. The lowest BCUT2D eigenvalue weighted by Gasteiger charge is -2.15. The van der Waals surface area contributed by atoms with E-state index in [0.29, 0.717) is 0 Å². The van der Waals surface area contributed by atoms with Gasteiger partial charge in [0.1, 0.15) is 5.75 Å². The van der Waals surface area contributed by atoms with Crippen LogP contribution in [0.3, 0.4) is 0 Å². The van der Waals surface area contributed by atoms with E-state index in [4.69, 9.17) is 16.3 Å². The summed E-state index contributed by atoms with van der Waals surface area (Å²) in [6.07, 6.45) is 2.09. The number of benzene rings is 1. The maximum Gasteiger partial charge on any atom is 0.124 e. The Bertz CT molecular complexity index is 345. The smallest absolute Gasteiger partial charge is 0.124 e. The molecule has 1 rings (SSSR count). The summed E-state index contributed by atoms with van der Waals surface area (Å²) in [7, 11) is 1.73. The molecule has 0 aliphatic heterocycles. The van der Waals surface area contributed by atoms with Gasteiger partial charge < -0.3 is 4.74 Å². The van der Waals surface area contributed by atoms with Crippen LogP contribution in [0.4, 0.5) is 0 Å². The summed E-state index contributed by atoms with van der Waals surface area (Å²) in [6, 6.07) is 2.22. The Balaban J connectivity index is 3.10. The van der Waals surface area contributed by atoms with Crippen LogP contribution in [0.1, 0.15) is 28.7 Å². The molecule has 2 heteroatoms. The lowest BCUT2D eigenvalue weighted by molar-refractivity contribution is 0.408. The van der Waals surface area contributed by atoms with Crippen LogP contribution in [0.25, 0.3) is 0 Å². The fourth-order valence-corrected chi connectivity index (χ4v) is 2.11. The molecule has 0 saturated heterocycles. The number of halogens is 1. The van der Waals surface area contributed by atoms with Crippen molar-refractivity contribution in [3.8, 4) is 5.75 Å². The van der Waals surface area contributed by atoms with Crippen LogP contribution in [-0.2, 0) is 6.42 Å². The van der Waals surface area contributed by atoms with Gasteiger partial charge in [0, 0.05) is 5.88 Å². The summed E-state index contributed by atoms with van der Waals surface area (Å²) >= 11 is 5.72. The fourth-order valence-electron chi connectivity index (χ4n) is 1.97. The molecule has 15 heavy (non-hydrogen) atoms. The van der Waals surface area contributed by atoms with Crippen molar-refractivity contribution in [2.24, 2.45) is 0 Å². The second-order valence-electron chi connectivity index (χ2n) is 3.93. The maximum atomic E-state index is 5.72. The molecule has 0 saturated carbocycles. The molecular weight excluding hydrogens is 208 g/mol. The van der Waals surface area contributed by atoms with Gasteiger partial charge in [-0.15, -0.1) is 11.6 Å². The Morgan fingerprint density at radius 1 is 1.20 bits per heavy atom. The normalized spacial score (nSPS) is 10.5. The molecule has 0 radical (unpaired) electrons. The molecule has 0 spiro atoms. The van der Waals surface area contributed by atoms with E-state index in [2.05, 4.69) is 26.8 Å². The molecule has 1 nitrogen and oxygen atoms in total. The third-order valence-corrected chi connectivity index (χ3v) is 3.18. The van der Waals surface area contributed by atoms with E-state index in [1.54, 1.807) is 7.11 Å². The molecule has 0 aliphatic carbocycles. The van der Waals surface area contributed by atoms with Crippen molar-refractivity contribution in [3.63, 3.8) is 0 Å². The second kappa shape index (κ2) is 5.41. The van der Waals surface area contributed by atoms with Crippen LogP contribution in [0.2, 0.25) is 0 Å². The van der Waals surface area contributed by atoms with Gasteiger partial charge in [0.25, 0.3) is 0 Å². The molecule has 1 aromatic rings. The summed E-state index contributed by atoms with van der Waals surface area (Å²) in [6.45, 7) is 6.36. The Morgan fingerprint density at radius 3 is 2.40 bits per heavy atom. The van der Waals surface area contributed by atoms with Crippen LogP contribution in [0.15, 0.2) is 6.07 Å². The van der Waals surface area contributed by atoms with Gasteiger partial charge >= 0.3 is 0 Å². The van der Waals surface area contributed by atoms with Crippen molar-refractivity contribution in [1.29, 1.82) is 0 Å². The largest absolute Gasteiger partial charge is 0.496 e. The molecule has 0 amide bonds. The molecule has 1 aromatic carbocycles. The Labute approximate surface area is 97.4 Å². The van der Waals surface area contributed by atoms with E-state index in [9.17, 15) is 0 Å². The molecule has 0 fully saturated rings. The Kier molecular flexibility index (Phi) is 4.46. The first-order valence-corrected chi connectivity index (χ1v) is 5.85. The van der Waals surface area contributed by atoms with Gasteiger partial charge in [-0.1, -0.05) is 6.07 Å². The molecule has 0 aliphatic rings. The summed E-state index contributed by atoms with van der Waals surface area (Å²) in [5, 5.41) is 0. The van der Waals surface area contributed by atoms with Crippen LogP contribution in [0.5, 0.6) is 5.75 Å². The molecule has 0 unspecified atom stereocenters. The highest BCUT2D eigenvalue weighted by Gasteiger charge is 2.09. The van der Waals surface area contributed by atoms with Crippen LogP contribution >= 0.6 is 11.6 Å². The van der Waals surface area contributed by atoms with E-state index in [1.165, 1.54) is 22.3 Å². The summed E-state index contributed by atoms with van der Waals surface area (Å²) in [4.78, 5) is 0. The average molecular weight is 227 g/mol. The topological polar surface area (TPSA) is 9.23 Å². The van der Waals surface area contributed by atoms with E-state index in [-0.39, 0.29) is 0 Å². The first kappa shape index (κ1) is 12.4. The van der Waals surface area contributed by atoms with Gasteiger partial charge in [-0.05, 0) is 55.9 Å². The zero-order valence-corrected chi connectivity index (χ0v) is 10.7. The average Bonchev–Trinajstić information content (AvgIpc) is 2.22. The van der Waals surface area contributed by atoms with Crippen molar-refractivity contribution in [3.05, 3.63) is 28.3 Å². The first-order valence-electron chi connectivity index (χ1n) is 5.31. The zero-order chi connectivity index (χ0) is 11.4. The predicted octanol–water partition coefficient (Wildman–Crippen LogP) is 3.79. The van der Waals surface area contributed by atoms with Crippen molar-refractivity contribution in [2.75, 3.05) is 13.0 Å². The summed E-state index contributed by atoms with van der Waals surface area (Å²) < 4.78 is 5.39. The third-order valence-electron chi connectivity index (χ3n) is 2.92. The Morgan fingerprint density at radius 2 is 1.87 bits per heavy atom. The lowest BCUT2D eigenvalue weighted by Crippen LogP contribution is -1.99. The number of aryl methyl sites for hydroxylation is 2. The molecule has 0 heterocycles. The van der Waals surface area contributed by atoms with E-state index in [1.807, 2.05) is 0 Å². The fraction of sp³-hybridized carbons (Fsp3) is 0.538. The van der Waals surface area contributed by atoms with Gasteiger partial charge in [-0.2, -0.15) is 0 Å². The number of hydrogen-bond donors (Lipinski definition) is 0. The van der Waals surface area contributed by atoms with Gasteiger partial charge in [0.15, 0.2) is 0 Å². The highest BCUT2D eigenvalue weighted by Crippen LogP contribution is 2.29. The van der Waals surface area contributed by atoms with Gasteiger partial charge in [0.05, 0.1) is 7.11 Å². The number of rotatable bonds is 4. The number of methoxy groups -OCH3 is 1. The van der Waals surface area contributed by atoms with E-state index < -0.39 is 0 Å². The molecule has 0 bridgehead atoms. The molecule has 0 N–H and O–H groups in total. The molecular formula is C13H19ClO. The summed E-state index contributed by atoms with van der Waals surface area (Å²) in [5.41, 5.74) is 5.20. The standard InChI is InChI=1S/C13H19ClO/c1-9-8-12(6-5-7-14)10(2)11(3)13(9)15-4/h8H,5-7H2,1-4H3. The zero-order valence-electron chi connectivity index (χ0n) is 9.98. The van der Waals surface area contributed by atoms with Gasteiger partial charge in [-0.25, -0.2) is 0 Å². The second-order valence-corrected chi connectivity index (χ2v) is 4.31. The highest BCUT2D eigenvalue weighted by molar-refractivity contribution is 6.17. The SMILES string of the molecule is COc1c(C)cc(CCCCl)c(C)c1C. The number of alkyl halides is 1. The van der Waals surface area contributed by atoms with Crippen LogP contribution in [-0.4, -0.2) is 13.0 Å². The van der Waals surface area contributed by atoms with Crippen molar-refractivity contribution in [2.45, 2.75) is 33.6 Å². The predicted molar refractivity (Wildman–Crippen MR) is 66.2 cm³/mol. The third kappa shape index (κ3) is 2.66. The monoisotopic (exact) mass is 226 g/mol. The van der Waals surface area contributed by atoms with Gasteiger partial charge in [0.2, 0.25) is 0 Å². The molecule has 84 valence electrons. The van der Waals surface area contributed by atoms with E-state index >= 15 is 0 Å². The first-order chi connectivity index (χ1) is 7.11. The molecule has 0 aromatic heterocycles. The number of hydrogen-bond acceptors (Lipinski definition) is 1. The quantitative estimate of drug-likeness (QED) is 0.710. The minimum Gasteiger partial charge on any atom is -0.496 e. The van der Waals surface area contributed by atoms with Crippen molar-refractivity contribution >= 4 is 11.6 Å². The Hall–Kier alpha value is -0.690. The minimum absolute atomic E-state index is 0.726. The maximum absolute atomic E-state index is 5.72. The van der Waals surface area contributed by atoms with E-state index in [0.717, 1.165) is 24.5 Å². The lowest BCUT2D eigenvalue weighted by atomic mass is 9.96. The molecule has 0 atom stereocenters. The minimum atomic E-state index is 0.726. The van der Waals surface area contributed by atoms with Crippen LogP contribution < -0.4 is 4.74 Å². The highest BCUT2D eigenvalue weighted by atomic mass is 35.5. The van der Waals surface area contributed by atoms with Crippen LogP contribution in [0, 0.1) is 20.8 Å². The summed E-state index contributed by atoms with van der Waals surface area (Å²) in [5.74, 6) is 1.74. The van der Waals surface area contributed by atoms with Crippen molar-refractivity contribution in [1.82, 2.24) is 0 Å². The van der Waals surface area contributed by atoms with Crippen molar-refractivity contribution < 1.29 is 4.74 Å².